The zero-order valence-electron chi connectivity index (χ0n) is 16.0. The van der Waals surface area contributed by atoms with Crippen LogP contribution in [0.2, 0.25) is 0 Å². The number of aromatic nitrogens is 2. The Morgan fingerprint density at radius 2 is 1.64 bits per heavy atom. The van der Waals surface area contributed by atoms with Crippen LogP contribution in [0, 0.1) is 0 Å². The molecule has 2 heterocycles. The number of fused-ring (bicyclic) bond motifs is 2. The summed E-state index contributed by atoms with van der Waals surface area (Å²) in [5.41, 5.74) is 2.77. The van der Waals surface area contributed by atoms with E-state index in [4.69, 9.17) is 5.11 Å². The number of ether oxygens (including phenoxy) is 1. The summed E-state index contributed by atoms with van der Waals surface area (Å²) in [6.45, 7) is 3.97. The summed E-state index contributed by atoms with van der Waals surface area (Å²) in [5.74, 6) is -1.21. The van der Waals surface area contributed by atoms with Gasteiger partial charge in [-0.05, 0) is 38.1 Å². The number of carboxylic acids is 1. The van der Waals surface area contributed by atoms with Crippen LogP contribution in [-0.4, -0.2) is 33.7 Å². The molecule has 0 atom stereocenters. The van der Waals surface area contributed by atoms with Crippen LogP contribution in [0.25, 0.3) is 21.8 Å². The van der Waals surface area contributed by atoms with Crippen LogP contribution in [0.5, 0.6) is 0 Å². The third-order valence-corrected chi connectivity index (χ3v) is 4.42. The van der Waals surface area contributed by atoms with Crippen molar-refractivity contribution in [3.8, 4) is 0 Å². The molecule has 0 bridgehead atoms. The number of esters is 1. The van der Waals surface area contributed by atoms with Crippen molar-refractivity contribution in [3.05, 3.63) is 72.1 Å². The van der Waals surface area contributed by atoms with Crippen LogP contribution in [0.1, 0.15) is 40.9 Å². The highest BCUT2D eigenvalue weighted by Gasteiger charge is 2.15. The van der Waals surface area contributed by atoms with Crippen molar-refractivity contribution in [2.24, 2.45) is 0 Å². The lowest BCUT2D eigenvalue weighted by Crippen LogP contribution is -2.10. The third kappa shape index (κ3) is 3.76. The summed E-state index contributed by atoms with van der Waals surface area (Å²) in [6, 6.07) is 19.1. The quantitative estimate of drug-likeness (QED) is 0.498. The number of carbonyl (C=O) groups is 2. The monoisotopic (exact) mass is 378 g/mol. The van der Waals surface area contributed by atoms with Crippen LogP contribution in [0.4, 0.5) is 0 Å². The fourth-order valence-electron chi connectivity index (χ4n) is 3.19. The number of methoxy groups -OCH3 is 1. The van der Waals surface area contributed by atoms with Crippen molar-refractivity contribution in [3.63, 3.8) is 0 Å². The van der Waals surface area contributed by atoms with Gasteiger partial charge in [-0.1, -0.05) is 36.4 Å². The molecule has 0 spiro atoms. The molecule has 4 aromatic rings. The average molecular weight is 378 g/mol. The predicted octanol–water partition coefficient (Wildman–Crippen LogP) is 4.87. The van der Waals surface area contributed by atoms with Gasteiger partial charge >= 0.3 is 11.9 Å². The number of carbonyl (C=O) groups excluding carboxylic acids is 1. The smallest absolute Gasteiger partial charge is 0.354 e. The maximum atomic E-state index is 11.1. The van der Waals surface area contributed by atoms with E-state index in [1.54, 1.807) is 12.1 Å². The minimum absolute atomic E-state index is 0.149. The standard InChI is InChI=1S/C12H13NO2.C10H9NO2/c1-8(2)13-10-6-4-3-5-9(10)7-11(13)12(14)15;1-13-10(12)9-6-7-4-2-3-5-8(7)11-9/h3-8H,1-2H3,(H,14,15);2-6,11H,1H3. The van der Waals surface area contributed by atoms with Crippen LogP contribution < -0.4 is 0 Å². The van der Waals surface area contributed by atoms with Gasteiger partial charge in [-0.2, -0.15) is 0 Å². The maximum Gasteiger partial charge on any atom is 0.354 e. The minimum Gasteiger partial charge on any atom is -0.477 e. The van der Waals surface area contributed by atoms with Gasteiger partial charge < -0.3 is 19.4 Å². The molecule has 0 saturated carbocycles. The highest BCUT2D eigenvalue weighted by atomic mass is 16.5. The molecular formula is C22H22N2O4. The molecule has 6 heteroatoms. The molecule has 2 N–H and O–H groups in total. The van der Waals surface area contributed by atoms with E-state index >= 15 is 0 Å². The zero-order valence-corrected chi connectivity index (χ0v) is 16.0. The number of nitrogens with one attached hydrogen (secondary N) is 1. The number of carboxylic acid groups (broad SMARTS) is 1. The number of benzene rings is 2. The van der Waals surface area contributed by atoms with E-state index in [9.17, 15) is 9.59 Å². The predicted molar refractivity (Wildman–Crippen MR) is 109 cm³/mol. The molecule has 2 aromatic carbocycles. The first-order chi connectivity index (χ1) is 13.4. The molecule has 0 fully saturated rings. The van der Waals surface area contributed by atoms with E-state index in [1.807, 2.05) is 66.9 Å². The molecule has 144 valence electrons. The molecule has 0 unspecified atom stereocenters. The van der Waals surface area contributed by atoms with Crippen molar-refractivity contribution in [2.75, 3.05) is 7.11 Å². The Bertz CT molecular complexity index is 1100. The van der Waals surface area contributed by atoms with Gasteiger partial charge in [0.05, 0.1) is 7.11 Å². The Labute approximate surface area is 162 Å². The second-order valence-corrected chi connectivity index (χ2v) is 6.62. The molecule has 0 aliphatic rings. The van der Waals surface area contributed by atoms with E-state index in [-0.39, 0.29) is 12.0 Å². The Morgan fingerprint density at radius 1 is 1.00 bits per heavy atom. The molecule has 0 radical (unpaired) electrons. The summed E-state index contributed by atoms with van der Waals surface area (Å²) >= 11 is 0. The molecule has 0 saturated heterocycles. The normalized spacial score (nSPS) is 10.7. The van der Waals surface area contributed by atoms with Crippen molar-refractivity contribution in [1.29, 1.82) is 0 Å². The van der Waals surface area contributed by atoms with Crippen molar-refractivity contribution < 1.29 is 19.4 Å². The first kappa shape index (κ1) is 19.2. The Hall–Kier alpha value is -3.54. The number of hydrogen-bond acceptors (Lipinski definition) is 3. The molecular weight excluding hydrogens is 356 g/mol. The van der Waals surface area contributed by atoms with Crippen LogP contribution in [-0.2, 0) is 4.74 Å². The lowest BCUT2D eigenvalue weighted by molar-refractivity contribution is 0.0594. The molecule has 28 heavy (non-hydrogen) atoms. The fraction of sp³-hybridized carbons (Fsp3) is 0.182. The molecule has 6 nitrogen and oxygen atoms in total. The topological polar surface area (TPSA) is 84.3 Å². The van der Waals surface area contributed by atoms with Gasteiger partial charge in [0.2, 0.25) is 0 Å². The molecule has 0 amide bonds. The van der Waals surface area contributed by atoms with E-state index in [2.05, 4.69) is 9.72 Å². The van der Waals surface area contributed by atoms with Crippen LogP contribution in [0.15, 0.2) is 60.7 Å². The summed E-state index contributed by atoms with van der Waals surface area (Å²) in [6.07, 6.45) is 0. The highest BCUT2D eigenvalue weighted by Crippen LogP contribution is 2.23. The maximum absolute atomic E-state index is 11.1. The zero-order chi connectivity index (χ0) is 20.3. The molecule has 4 rings (SSSR count). The third-order valence-electron chi connectivity index (χ3n) is 4.42. The van der Waals surface area contributed by atoms with Gasteiger partial charge in [-0.15, -0.1) is 0 Å². The Balaban J connectivity index is 0.000000162. The van der Waals surface area contributed by atoms with Gasteiger partial charge in [-0.3, -0.25) is 0 Å². The summed E-state index contributed by atoms with van der Waals surface area (Å²) in [7, 11) is 1.37. The van der Waals surface area contributed by atoms with E-state index in [0.29, 0.717) is 11.4 Å². The molecule has 0 aliphatic carbocycles. The SMILES string of the molecule is CC(C)n1c(C(=O)O)cc2ccccc21.COC(=O)c1cc2ccccc2[nH]1. The number of H-pyrrole nitrogens is 1. The van der Waals surface area contributed by atoms with Gasteiger partial charge in [0.15, 0.2) is 0 Å². The number of aromatic amines is 1. The average Bonchev–Trinajstić information content (AvgIpc) is 3.29. The highest BCUT2D eigenvalue weighted by molar-refractivity contribution is 5.95. The number of para-hydroxylation sites is 2. The van der Waals surface area contributed by atoms with Gasteiger partial charge in [0.1, 0.15) is 11.4 Å². The van der Waals surface area contributed by atoms with Crippen molar-refractivity contribution >= 4 is 33.7 Å². The number of aromatic carboxylic acids is 1. The minimum atomic E-state index is -0.875. The fourth-order valence-corrected chi connectivity index (χ4v) is 3.19. The number of nitrogens with zero attached hydrogens (tertiary/aromatic N) is 1. The Kier molecular flexibility index (Phi) is 5.49. The summed E-state index contributed by atoms with van der Waals surface area (Å²) in [4.78, 5) is 25.2. The lowest BCUT2D eigenvalue weighted by atomic mass is 10.2. The lowest BCUT2D eigenvalue weighted by Gasteiger charge is -2.11. The first-order valence-electron chi connectivity index (χ1n) is 8.91. The summed E-state index contributed by atoms with van der Waals surface area (Å²) in [5, 5.41) is 11.1. The van der Waals surface area contributed by atoms with E-state index in [1.165, 1.54) is 7.11 Å². The number of rotatable bonds is 3. The van der Waals surface area contributed by atoms with Gasteiger partial charge in [0, 0.05) is 27.8 Å². The molecule has 2 aromatic heterocycles. The van der Waals surface area contributed by atoms with E-state index in [0.717, 1.165) is 21.8 Å². The molecule has 0 aliphatic heterocycles. The largest absolute Gasteiger partial charge is 0.477 e. The van der Waals surface area contributed by atoms with Gasteiger partial charge in [-0.25, -0.2) is 9.59 Å². The second-order valence-electron chi connectivity index (χ2n) is 6.62. The first-order valence-corrected chi connectivity index (χ1v) is 8.91. The van der Waals surface area contributed by atoms with Crippen LogP contribution in [0.3, 0.4) is 0 Å². The second kappa shape index (κ2) is 8.00. The number of hydrogen-bond donors (Lipinski definition) is 2. The van der Waals surface area contributed by atoms with Gasteiger partial charge in [0.25, 0.3) is 0 Å². The Morgan fingerprint density at radius 3 is 2.25 bits per heavy atom. The van der Waals surface area contributed by atoms with Crippen molar-refractivity contribution in [2.45, 2.75) is 19.9 Å². The van der Waals surface area contributed by atoms with Crippen LogP contribution >= 0.6 is 0 Å². The summed E-state index contributed by atoms with van der Waals surface area (Å²) < 4.78 is 6.44. The van der Waals surface area contributed by atoms with Crippen molar-refractivity contribution in [1.82, 2.24) is 9.55 Å². The van der Waals surface area contributed by atoms with E-state index < -0.39 is 5.97 Å².